The molecule has 0 unspecified atom stereocenters. The topological polar surface area (TPSA) is 18.5 Å². The van der Waals surface area contributed by atoms with Gasteiger partial charge in [0.25, 0.3) is 0 Å². The second-order valence-corrected chi connectivity index (χ2v) is 2.66. The molecule has 12 heavy (non-hydrogen) atoms. The Morgan fingerprint density at radius 2 is 1.75 bits per heavy atom. The van der Waals surface area contributed by atoms with E-state index in [4.69, 9.17) is 15.9 Å². The molecule has 0 aromatic heterocycles. The van der Waals surface area contributed by atoms with Crippen LogP contribution in [-0.2, 0) is 9.47 Å². The lowest BCUT2D eigenvalue weighted by atomic mass is 10.2. The van der Waals surface area contributed by atoms with E-state index in [9.17, 15) is 0 Å². The molecule has 0 saturated carbocycles. The molecule has 0 bridgehead atoms. The summed E-state index contributed by atoms with van der Waals surface area (Å²) in [4.78, 5) is 0. The Hall–Kier alpha value is -0.520. The number of unbranched alkanes of at least 4 members (excludes halogenated alkanes) is 3. The maximum Gasteiger partial charge on any atom is 0.107 e. The number of terminal acetylenes is 1. The average Bonchev–Trinajstić information content (AvgIpc) is 2.10. The van der Waals surface area contributed by atoms with Crippen LogP contribution in [0, 0.1) is 12.3 Å². The number of methoxy groups -OCH3 is 1. The van der Waals surface area contributed by atoms with Crippen molar-refractivity contribution in [3.63, 3.8) is 0 Å². The lowest BCUT2D eigenvalue weighted by Gasteiger charge is -2.00. The summed E-state index contributed by atoms with van der Waals surface area (Å²) in [6.45, 7) is 2.10. The summed E-state index contributed by atoms with van der Waals surface area (Å²) in [7, 11) is 1.73. The van der Waals surface area contributed by atoms with Crippen LogP contribution in [0.5, 0.6) is 0 Å². The summed E-state index contributed by atoms with van der Waals surface area (Å²) in [5, 5.41) is 0. The minimum atomic E-state index is 0.443. The Bertz CT molecular complexity index is 115. The molecule has 0 heterocycles. The molecule has 70 valence electrons. The van der Waals surface area contributed by atoms with Gasteiger partial charge < -0.3 is 9.47 Å². The first-order valence-electron chi connectivity index (χ1n) is 4.42. The summed E-state index contributed by atoms with van der Waals surface area (Å²) >= 11 is 0. The third kappa shape index (κ3) is 9.48. The highest BCUT2D eigenvalue weighted by atomic mass is 16.5. The summed E-state index contributed by atoms with van der Waals surface area (Å²) in [6.07, 6.45) is 9.68. The van der Waals surface area contributed by atoms with Crippen molar-refractivity contribution < 1.29 is 9.47 Å². The largest absolute Gasteiger partial charge is 0.385 e. The van der Waals surface area contributed by atoms with Gasteiger partial charge in [0.1, 0.15) is 6.61 Å². The second-order valence-electron chi connectivity index (χ2n) is 2.66. The maximum absolute atomic E-state index is 5.12. The van der Waals surface area contributed by atoms with Crippen molar-refractivity contribution in [2.24, 2.45) is 0 Å². The smallest absolute Gasteiger partial charge is 0.107 e. The zero-order valence-electron chi connectivity index (χ0n) is 7.84. The van der Waals surface area contributed by atoms with Gasteiger partial charge in [0, 0.05) is 20.3 Å². The molecule has 0 amide bonds. The molecular weight excluding hydrogens is 152 g/mol. The summed E-state index contributed by atoms with van der Waals surface area (Å²) < 4.78 is 10.1. The van der Waals surface area contributed by atoms with Gasteiger partial charge in [-0.05, 0) is 12.8 Å². The Morgan fingerprint density at radius 3 is 2.33 bits per heavy atom. The standard InChI is InChI=1S/C10H18O2/c1-3-8-12-10-7-5-4-6-9-11-2/h1H,4-10H2,2H3. The van der Waals surface area contributed by atoms with E-state index >= 15 is 0 Å². The molecule has 0 aromatic rings. The fourth-order valence-corrected chi connectivity index (χ4v) is 0.935. The monoisotopic (exact) mass is 170 g/mol. The quantitative estimate of drug-likeness (QED) is 0.409. The van der Waals surface area contributed by atoms with Crippen LogP contribution < -0.4 is 0 Å². The molecule has 0 atom stereocenters. The van der Waals surface area contributed by atoms with E-state index < -0.39 is 0 Å². The highest BCUT2D eigenvalue weighted by molar-refractivity contribution is 4.82. The van der Waals surface area contributed by atoms with Gasteiger partial charge in [-0.25, -0.2) is 0 Å². The highest BCUT2D eigenvalue weighted by Crippen LogP contribution is 1.99. The van der Waals surface area contributed by atoms with E-state index in [1.165, 1.54) is 12.8 Å². The Balaban J connectivity index is 2.78. The van der Waals surface area contributed by atoms with Crippen molar-refractivity contribution in [1.82, 2.24) is 0 Å². The molecule has 0 aliphatic rings. The van der Waals surface area contributed by atoms with Gasteiger partial charge in [0.2, 0.25) is 0 Å². The second kappa shape index (κ2) is 10.5. The minimum Gasteiger partial charge on any atom is -0.385 e. The lowest BCUT2D eigenvalue weighted by Crippen LogP contribution is -1.95. The van der Waals surface area contributed by atoms with Crippen LogP contribution >= 0.6 is 0 Å². The number of hydrogen-bond acceptors (Lipinski definition) is 2. The van der Waals surface area contributed by atoms with Crippen molar-refractivity contribution >= 4 is 0 Å². The normalized spacial score (nSPS) is 9.67. The zero-order valence-corrected chi connectivity index (χ0v) is 7.84. The third-order valence-corrected chi connectivity index (χ3v) is 1.57. The van der Waals surface area contributed by atoms with Crippen molar-refractivity contribution in [2.45, 2.75) is 25.7 Å². The molecule has 0 aromatic carbocycles. The van der Waals surface area contributed by atoms with Crippen LogP contribution in [0.1, 0.15) is 25.7 Å². The lowest BCUT2D eigenvalue weighted by molar-refractivity contribution is 0.158. The predicted octanol–water partition coefficient (Wildman–Crippen LogP) is 1.84. The average molecular weight is 170 g/mol. The first-order valence-corrected chi connectivity index (χ1v) is 4.42. The van der Waals surface area contributed by atoms with Crippen LogP contribution in [0.4, 0.5) is 0 Å². The fourth-order valence-electron chi connectivity index (χ4n) is 0.935. The van der Waals surface area contributed by atoms with Crippen LogP contribution in [0.25, 0.3) is 0 Å². The molecule has 0 radical (unpaired) electrons. The van der Waals surface area contributed by atoms with Crippen LogP contribution in [0.15, 0.2) is 0 Å². The highest BCUT2D eigenvalue weighted by Gasteiger charge is 1.89. The Kier molecular flexibility index (Phi) is 10.0. The molecule has 0 N–H and O–H groups in total. The van der Waals surface area contributed by atoms with Crippen molar-refractivity contribution in [3.05, 3.63) is 0 Å². The van der Waals surface area contributed by atoms with E-state index in [-0.39, 0.29) is 0 Å². The van der Waals surface area contributed by atoms with Crippen LogP contribution in [0.3, 0.4) is 0 Å². The van der Waals surface area contributed by atoms with Crippen molar-refractivity contribution in [3.8, 4) is 12.3 Å². The number of rotatable bonds is 8. The molecule has 0 spiro atoms. The Labute approximate surface area is 75.3 Å². The van der Waals surface area contributed by atoms with Crippen LogP contribution in [-0.4, -0.2) is 26.9 Å². The number of ether oxygens (including phenoxy) is 2. The maximum atomic E-state index is 5.12. The first-order chi connectivity index (χ1) is 5.91. The van der Waals surface area contributed by atoms with Gasteiger partial charge in [0.15, 0.2) is 0 Å². The van der Waals surface area contributed by atoms with Gasteiger partial charge in [-0.3, -0.25) is 0 Å². The van der Waals surface area contributed by atoms with Gasteiger partial charge in [0.05, 0.1) is 0 Å². The molecule has 0 fully saturated rings. The fraction of sp³-hybridized carbons (Fsp3) is 0.800. The molecule has 0 aliphatic carbocycles. The summed E-state index contributed by atoms with van der Waals surface area (Å²) in [5.74, 6) is 2.44. The van der Waals surface area contributed by atoms with E-state index in [1.54, 1.807) is 7.11 Å². The molecule has 0 saturated heterocycles. The van der Waals surface area contributed by atoms with Gasteiger partial charge in [-0.1, -0.05) is 18.8 Å². The zero-order chi connectivity index (χ0) is 9.07. The van der Waals surface area contributed by atoms with E-state index in [0.29, 0.717) is 6.61 Å². The van der Waals surface area contributed by atoms with Crippen molar-refractivity contribution in [2.75, 3.05) is 26.9 Å². The molecule has 0 rings (SSSR count). The predicted molar refractivity (Wildman–Crippen MR) is 50.0 cm³/mol. The Morgan fingerprint density at radius 1 is 1.08 bits per heavy atom. The minimum absolute atomic E-state index is 0.443. The third-order valence-electron chi connectivity index (χ3n) is 1.57. The van der Waals surface area contributed by atoms with Gasteiger partial charge in [-0.2, -0.15) is 0 Å². The summed E-state index contributed by atoms with van der Waals surface area (Å²) in [6, 6.07) is 0. The van der Waals surface area contributed by atoms with Crippen molar-refractivity contribution in [1.29, 1.82) is 0 Å². The summed E-state index contributed by atoms with van der Waals surface area (Å²) in [5.41, 5.74) is 0. The molecule has 2 heteroatoms. The van der Waals surface area contributed by atoms with Gasteiger partial charge in [-0.15, -0.1) is 6.42 Å². The first kappa shape index (κ1) is 11.5. The van der Waals surface area contributed by atoms with Gasteiger partial charge >= 0.3 is 0 Å². The van der Waals surface area contributed by atoms with E-state index in [0.717, 1.165) is 26.1 Å². The number of hydrogen-bond donors (Lipinski definition) is 0. The SMILES string of the molecule is C#CCOCCCCCCOC. The van der Waals surface area contributed by atoms with Crippen LogP contribution in [0.2, 0.25) is 0 Å². The van der Waals surface area contributed by atoms with E-state index in [1.807, 2.05) is 0 Å². The molecular formula is C10H18O2. The molecule has 0 aliphatic heterocycles. The van der Waals surface area contributed by atoms with E-state index in [2.05, 4.69) is 5.92 Å². The molecule has 2 nitrogen and oxygen atoms in total.